The summed E-state index contributed by atoms with van der Waals surface area (Å²) in [6.45, 7) is -1.42. The van der Waals surface area contributed by atoms with Gasteiger partial charge in [0.2, 0.25) is 5.91 Å². The largest absolute Gasteiger partial charge is 0.480 e. The van der Waals surface area contributed by atoms with Crippen molar-refractivity contribution in [1.29, 1.82) is 0 Å². The topological polar surface area (TPSA) is 173 Å². The summed E-state index contributed by atoms with van der Waals surface area (Å²) in [5, 5.41) is 30.8. The van der Waals surface area contributed by atoms with Crippen molar-refractivity contribution in [1.82, 2.24) is 15.1 Å². The molecule has 0 aromatic carbocycles. The number of hydrogen-bond donors (Lipinski definition) is 5. The van der Waals surface area contributed by atoms with Gasteiger partial charge in [-0.25, -0.2) is 0 Å². The van der Waals surface area contributed by atoms with E-state index in [0.29, 0.717) is 12.8 Å². The average Bonchev–Trinajstić information content (AvgIpc) is 2.67. The molecule has 2 atom stereocenters. The summed E-state index contributed by atoms with van der Waals surface area (Å²) in [6.07, 6.45) is 5.91. The lowest BCUT2D eigenvalue weighted by Gasteiger charge is -2.43. The van der Waals surface area contributed by atoms with E-state index in [0.717, 1.165) is 38.5 Å². The van der Waals surface area contributed by atoms with Crippen molar-refractivity contribution in [2.75, 3.05) is 26.2 Å². The van der Waals surface area contributed by atoms with Crippen LogP contribution in [0.4, 0.5) is 0 Å². The minimum atomic E-state index is -1.15. The Morgan fingerprint density at radius 1 is 0.710 bits per heavy atom. The second-order valence-electron chi connectivity index (χ2n) is 8.59. The molecule has 2 rings (SSSR count). The van der Waals surface area contributed by atoms with Gasteiger partial charge in [-0.15, -0.1) is 0 Å². The molecule has 11 nitrogen and oxygen atoms in total. The van der Waals surface area contributed by atoms with Crippen molar-refractivity contribution >= 4 is 23.8 Å². The lowest BCUT2D eigenvalue weighted by Crippen LogP contribution is -2.58. The lowest BCUT2D eigenvalue weighted by atomic mass is 9.87. The smallest absolute Gasteiger partial charge is 0.317 e. The molecule has 1 amide bonds. The van der Waals surface area contributed by atoms with E-state index in [9.17, 15) is 34.5 Å². The number of aliphatic carboxylic acids is 3. The predicted molar refractivity (Wildman–Crippen MR) is 110 cm³/mol. The third-order valence-corrected chi connectivity index (χ3v) is 6.13. The van der Waals surface area contributed by atoms with Gasteiger partial charge in [0, 0.05) is 24.2 Å². The van der Waals surface area contributed by atoms with Crippen molar-refractivity contribution in [2.45, 2.75) is 75.5 Å². The van der Waals surface area contributed by atoms with E-state index in [1.165, 1.54) is 4.90 Å². The Balaban J connectivity index is 2.12. The molecule has 31 heavy (non-hydrogen) atoms. The number of rotatable bonds is 11. The van der Waals surface area contributed by atoms with Crippen LogP contribution in [-0.2, 0) is 19.2 Å². The van der Waals surface area contributed by atoms with Crippen LogP contribution in [0.3, 0.4) is 0 Å². The monoisotopic (exact) mass is 442 g/mol. The number of nitrogens with two attached hydrogens (primary N) is 1. The van der Waals surface area contributed by atoms with Gasteiger partial charge < -0.3 is 26.4 Å². The first-order valence-electron chi connectivity index (χ1n) is 10.8. The highest BCUT2D eigenvalue weighted by Gasteiger charge is 2.37. The van der Waals surface area contributed by atoms with Crippen LogP contribution in [0.2, 0.25) is 0 Å². The zero-order valence-electron chi connectivity index (χ0n) is 17.7. The molecule has 0 aromatic rings. The first kappa shape index (κ1) is 25.0. The summed E-state index contributed by atoms with van der Waals surface area (Å²) < 4.78 is 0. The number of hydrogen-bond acceptors (Lipinski definition) is 7. The van der Waals surface area contributed by atoms with Crippen LogP contribution in [0.1, 0.15) is 51.4 Å². The Hall–Kier alpha value is -2.24. The Bertz CT molecular complexity index is 635. The molecule has 2 aliphatic carbocycles. The van der Waals surface area contributed by atoms with Gasteiger partial charge in [0.1, 0.15) is 0 Å². The summed E-state index contributed by atoms with van der Waals surface area (Å²) in [4.78, 5) is 49.7. The first-order chi connectivity index (χ1) is 14.7. The molecule has 2 aliphatic rings. The number of nitrogens with one attached hydrogen (secondary N) is 1. The fourth-order valence-electron chi connectivity index (χ4n) is 4.77. The highest BCUT2D eigenvalue weighted by atomic mass is 16.4. The molecule has 0 saturated heterocycles. The standard InChI is InChI=1S/C20H34N4O7/c21-13-5-7-14(8-6-13)22-17(25)9-23(10-18(26)27)15-3-1-2-4-16(15)24(11-19(28)29)12-20(30)31/h13-16H,1-12,21H2,(H,22,25)(H,26,27)(H,28,29)(H,30,31)/t13?,14?,15-,16-/m1/s1. The Labute approximate surface area is 181 Å². The van der Waals surface area contributed by atoms with Gasteiger partial charge in [-0.05, 0) is 38.5 Å². The summed E-state index contributed by atoms with van der Waals surface area (Å²) in [6, 6.07) is -0.722. The van der Waals surface area contributed by atoms with Crippen LogP contribution in [0.5, 0.6) is 0 Å². The molecule has 0 heterocycles. The summed E-state index contributed by atoms with van der Waals surface area (Å²) in [5.41, 5.74) is 5.90. The van der Waals surface area contributed by atoms with Crippen LogP contribution in [0.15, 0.2) is 0 Å². The van der Waals surface area contributed by atoms with Gasteiger partial charge in [0.15, 0.2) is 0 Å². The quantitative estimate of drug-likeness (QED) is 0.282. The van der Waals surface area contributed by atoms with Crippen LogP contribution in [-0.4, -0.2) is 99.3 Å². The number of amides is 1. The third kappa shape index (κ3) is 8.42. The van der Waals surface area contributed by atoms with E-state index in [1.807, 2.05) is 0 Å². The molecule has 0 spiro atoms. The molecule has 2 saturated carbocycles. The molecule has 0 unspecified atom stereocenters. The highest BCUT2D eigenvalue weighted by molar-refractivity contribution is 5.79. The average molecular weight is 443 g/mol. The fraction of sp³-hybridized carbons (Fsp3) is 0.800. The maximum Gasteiger partial charge on any atom is 0.317 e. The molecular weight excluding hydrogens is 408 g/mol. The first-order valence-corrected chi connectivity index (χ1v) is 10.8. The molecule has 0 bridgehead atoms. The molecular formula is C20H34N4O7. The number of carboxylic acid groups (broad SMARTS) is 3. The zero-order valence-corrected chi connectivity index (χ0v) is 17.7. The van der Waals surface area contributed by atoms with Crippen LogP contribution in [0.25, 0.3) is 0 Å². The maximum absolute atomic E-state index is 12.7. The molecule has 2 fully saturated rings. The summed E-state index contributed by atoms with van der Waals surface area (Å²) in [7, 11) is 0. The number of carbonyl (C=O) groups excluding carboxylic acids is 1. The van der Waals surface area contributed by atoms with Gasteiger partial charge in [-0.2, -0.15) is 0 Å². The number of carbonyl (C=O) groups is 4. The second-order valence-corrected chi connectivity index (χ2v) is 8.59. The molecule has 6 N–H and O–H groups in total. The Morgan fingerprint density at radius 3 is 1.55 bits per heavy atom. The SMILES string of the molecule is NC1CCC(NC(=O)CN(CC(=O)O)[C@@H]2CCCC[C@H]2N(CC(=O)O)CC(=O)O)CC1. The van der Waals surface area contributed by atoms with E-state index in [4.69, 9.17) is 5.73 Å². The number of nitrogens with zero attached hydrogens (tertiary/aromatic N) is 2. The molecule has 0 radical (unpaired) electrons. The van der Waals surface area contributed by atoms with Gasteiger partial charge >= 0.3 is 17.9 Å². The van der Waals surface area contributed by atoms with Crippen LogP contribution < -0.4 is 11.1 Å². The van der Waals surface area contributed by atoms with Gasteiger partial charge in [0.05, 0.1) is 26.2 Å². The maximum atomic E-state index is 12.7. The summed E-state index contributed by atoms with van der Waals surface area (Å²) >= 11 is 0. The van der Waals surface area contributed by atoms with Gasteiger partial charge in [-0.3, -0.25) is 29.0 Å². The predicted octanol–water partition coefficient (Wildman–Crippen LogP) is -0.458. The van der Waals surface area contributed by atoms with E-state index in [1.54, 1.807) is 4.90 Å². The molecule has 11 heteroatoms. The van der Waals surface area contributed by atoms with E-state index >= 15 is 0 Å². The molecule has 0 aliphatic heterocycles. The minimum absolute atomic E-state index is 0.0108. The highest BCUT2D eigenvalue weighted by Crippen LogP contribution is 2.27. The van der Waals surface area contributed by atoms with Crippen molar-refractivity contribution in [3.05, 3.63) is 0 Å². The molecule has 176 valence electrons. The minimum Gasteiger partial charge on any atom is -0.480 e. The van der Waals surface area contributed by atoms with Crippen molar-refractivity contribution in [2.24, 2.45) is 5.73 Å². The van der Waals surface area contributed by atoms with E-state index in [2.05, 4.69) is 5.32 Å². The van der Waals surface area contributed by atoms with E-state index < -0.39 is 43.1 Å². The summed E-state index contributed by atoms with van der Waals surface area (Å²) in [5.74, 6) is -3.68. The third-order valence-electron chi connectivity index (χ3n) is 6.13. The number of carboxylic acids is 3. The molecule has 0 aromatic heterocycles. The Kier molecular flexibility index (Phi) is 9.66. The van der Waals surface area contributed by atoms with Gasteiger partial charge in [-0.1, -0.05) is 12.8 Å². The van der Waals surface area contributed by atoms with Crippen LogP contribution in [0, 0.1) is 0 Å². The van der Waals surface area contributed by atoms with Crippen LogP contribution >= 0.6 is 0 Å². The zero-order chi connectivity index (χ0) is 23.0. The van der Waals surface area contributed by atoms with Crippen molar-refractivity contribution < 1.29 is 34.5 Å². The van der Waals surface area contributed by atoms with E-state index in [-0.39, 0.29) is 31.1 Å². The van der Waals surface area contributed by atoms with Crippen molar-refractivity contribution in [3.63, 3.8) is 0 Å². The fourth-order valence-corrected chi connectivity index (χ4v) is 4.77. The lowest BCUT2D eigenvalue weighted by molar-refractivity contribution is -0.147. The second kappa shape index (κ2) is 12.0. The normalized spacial score (nSPS) is 26.5. The Morgan fingerprint density at radius 2 is 1.13 bits per heavy atom. The van der Waals surface area contributed by atoms with Gasteiger partial charge in [0.25, 0.3) is 0 Å². The van der Waals surface area contributed by atoms with Crippen molar-refractivity contribution in [3.8, 4) is 0 Å².